The van der Waals surface area contributed by atoms with Crippen LogP contribution in [0, 0.1) is 5.92 Å². The fourth-order valence-corrected chi connectivity index (χ4v) is 6.08. The van der Waals surface area contributed by atoms with Gasteiger partial charge >= 0.3 is 6.18 Å². The Morgan fingerprint density at radius 2 is 1.87 bits per heavy atom. The van der Waals surface area contributed by atoms with Gasteiger partial charge < -0.3 is 35.4 Å². The number of fused-ring (bicyclic) bond motifs is 1. The fraction of sp³-hybridized carbons (Fsp3) is 0.640. The van der Waals surface area contributed by atoms with Crippen LogP contribution in [0.3, 0.4) is 0 Å². The van der Waals surface area contributed by atoms with Crippen LogP contribution in [-0.2, 0) is 20.4 Å². The molecule has 4 rings (SSSR count). The van der Waals surface area contributed by atoms with Gasteiger partial charge in [-0.3, -0.25) is 4.79 Å². The number of rotatable bonds is 6. The maximum Gasteiger partial charge on any atom is 0.416 e. The Labute approximate surface area is 227 Å². The lowest BCUT2D eigenvalue weighted by molar-refractivity contribution is -0.205. The van der Waals surface area contributed by atoms with Crippen molar-refractivity contribution in [1.29, 1.82) is 0 Å². The van der Waals surface area contributed by atoms with Crippen LogP contribution in [0.25, 0.3) is 5.57 Å². The summed E-state index contributed by atoms with van der Waals surface area (Å²) in [6.45, 7) is 2.31. The van der Waals surface area contributed by atoms with Gasteiger partial charge in [0.25, 0.3) is 0 Å². The third-order valence-electron chi connectivity index (χ3n) is 7.28. The highest BCUT2D eigenvalue weighted by molar-refractivity contribution is 7.99. The highest BCUT2D eigenvalue weighted by Crippen LogP contribution is 2.34. The summed E-state index contributed by atoms with van der Waals surface area (Å²) >= 11 is 7.53. The van der Waals surface area contributed by atoms with Gasteiger partial charge in [0.2, 0.25) is 5.91 Å². The number of benzene rings is 1. The first-order chi connectivity index (χ1) is 17.9. The predicted octanol–water partition coefficient (Wildman–Crippen LogP) is 1.75. The third kappa shape index (κ3) is 6.17. The molecule has 2 saturated heterocycles. The topological polar surface area (TPSA) is 120 Å². The minimum atomic E-state index is -4.41. The zero-order valence-corrected chi connectivity index (χ0v) is 22.3. The van der Waals surface area contributed by atoms with E-state index in [1.165, 1.54) is 12.1 Å². The molecule has 0 spiro atoms. The van der Waals surface area contributed by atoms with E-state index in [1.807, 2.05) is 6.08 Å². The molecule has 13 heteroatoms. The Morgan fingerprint density at radius 3 is 2.47 bits per heavy atom. The number of ether oxygens (including phenoxy) is 2. The number of thioether (sulfide) groups is 1. The molecule has 3 heterocycles. The molecule has 0 aromatic heterocycles. The second kappa shape index (κ2) is 12.0. The van der Waals surface area contributed by atoms with Crippen LogP contribution in [0.5, 0.6) is 0 Å². The maximum atomic E-state index is 13.4. The summed E-state index contributed by atoms with van der Waals surface area (Å²) in [5, 5.41) is 36.3. The van der Waals surface area contributed by atoms with E-state index >= 15 is 0 Å². The molecular formula is C25H32ClF3N2O6S. The summed E-state index contributed by atoms with van der Waals surface area (Å²) in [4.78, 5) is 13.4. The summed E-state index contributed by atoms with van der Waals surface area (Å²) in [6.07, 6.45) is -6.17. The van der Waals surface area contributed by atoms with E-state index in [0.717, 1.165) is 29.5 Å². The van der Waals surface area contributed by atoms with E-state index in [1.54, 1.807) is 13.2 Å². The van der Waals surface area contributed by atoms with Crippen LogP contribution in [0.4, 0.5) is 13.2 Å². The summed E-state index contributed by atoms with van der Waals surface area (Å²) in [5.41, 5.74) is -0.0273. The van der Waals surface area contributed by atoms with Crippen molar-refractivity contribution < 1.29 is 42.8 Å². The number of aliphatic hydroxyl groups is 3. The van der Waals surface area contributed by atoms with Crippen LogP contribution in [0.15, 0.2) is 30.3 Å². The van der Waals surface area contributed by atoms with Crippen molar-refractivity contribution >= 4 is 34.8 Å². The number of carbonyl (C=O) groups excluding carboxylic acids is 1. The Hall–Kier alpha value is -1.38. The third-order valence-corrected chi connectivity index (χ3v) is 8.41. The van der Waals surface area contributed by atoms with Gasteiger partial charge in [0.1, 0.15) is 35.9 Å². The van der Waals surface area contributed by atoms with Crippen molar-refractivity contribution in [2.75, 3.05) is 19.4 Å². The van der Waals surface area contributed by atoms with E-state index < -0.39 is 71.1 Å². The van der Waals surface area contributed by atoms with Gasteiger partial charge in [-0.1, -0.05) is 18.2 Å². The van der Waals surface area contributed by atoms with E-state index in [2.05, 4.69) is 10.6 Å². The number of alkyl halides is 4. The van der Waals surface area contributed by atoms with Crippen LogP contribution in [-0.4, -0.2) is 94.1 Å². The number of hydrogen-bond donors (Lipinski definition) is 5. The standard InChI is InChI=1S/C25H32ClF3N2O6S/c1-11(26)16(22-19(33)18(32)20(34)24(37-22)38-2)31-23(35)17-21-14(10-30-17)9-13(7-8-36-21)12-3-5-15(6-4-12)25(27,28)29/h3-6,9,11,14,16-22,24,30,32-34H,7-8,10H2,1-2H3,(H,31,35). The zero-order valence-electron chi connectivity index (χ0n) is 20.8. The molecule has 3 aliphatic rings. The lowest BCUT2D eigenvalue weighted by Crippen LogP contribution is -2.65. The lowest BCUT2D eigenvalue weighted by Gasteiger charge is -2.44. The van der Waals surface area contributed by atoms with Crippen molar-refractivity contribution in [3.63, 3.8) is 0 Å². The van der Waals surface area contributed by atoms with Crippen molar-refractivity contribution in [3.8, 4) is 0 Å². The molecule has 1 aromatic rings. The number of nitrogens with one attached hydrogen (secondary N) is 2. The van der Waals surface area contributed by atoms with E-state index in [0.29, 0.717) is 18.5 Å². The molecule has 1 amide bonds. The van der Waals surface area contributed by atoms with Gasteiger partial charge in [-0.25, -0.2) is 0 Å². The SMILES string of the molecule is CSC1OC(C(NC(=O)C2NCC3C=C(c4ccc(C(F)(F)F)cc4)CCOC32)C(C)Cl)C(O)C(O)C1O. The molecule has 10 unspecified atom stereocenters. The summed E-state index contributed by atoms with van der Waals surface area (Å²) < 4.78 is 50.6. The zero-order chi connectivity index (χ0) is 27.8. The summed E-state index contributed by atoms with van der Waals surface area (Å²) in [5.74, 6) is -0.634. The first-order valence-electron chi connectivity index (χ1n) is 12.3. The molecule has 0 aliphatic carbocycles. The molecule has 8 nitrogen and oxygen atoms in total. The van der Waals surface area contributed by atoms with Crippen molar-refractivity contribution in [1.82, 2.24) is 10.6 Å². The van der Waals surface area contributed by atoms with Gasteiger partial charge in [-0.15, -0.1) is 23.4 Å². The van der Waals surface area contributed by atoms with Crippen molar-refractivity contribution in [2.45, 2.75) is 72.9 Å². The minimum Gasteiger partial charge on any atom is -0.388 e. The van der Waals surface area contributed by atoms with Crippen LogP contribution < -0.4 is 10.6 Å². The molecule has 1 aromatic carbocycles. The summed E-state index contributed by atoms with van der Waals surface area (Å²) in [7, 11) is 0. The van der Waals surface area contributed by atoms with Gasteiger partial charge in [0.15, 0.2) is 0 Å². The number of amides is 1. The molecule has 3 aliphatic heterocycles. The smallest absolute Gasteiger partial charge is 0.388 e. The Kier molecular flexibility index (Phi) is 9.36. The average Bonchev–Trinajstić information content (AvgIpc) is 3.15. The van der Waals surface area contributed by atoms with Gasteiger partial charge in [-0.05, 0) is 42.9 Å². The average molecular weight is 581 g/mol. The first-order valence-corrected chi connectivity index (χ1v) is 14.0. The molecule has 212 valence electrons. The molecular weight excluding hydrogens is 549 g/mol. The molecule has 38 heavy (non-hydrogen) atoms. The van der Waals surface area contributed by atoms with Crippen molar-refractivity contribution in [2.24, 2.45) is 5.92 Å². The van der Waals surface area contributed by atoms with Crippen LogP contribution >= 0.6 is 23.4 Å². The second-order valence-electron chi connectivity index (χ2n) is 9.79. The number of carbonyl (C=O) groups is 1. The molecule has 0 bridgehead atoms. The first kappa shape index (κ1) is 29.6. The lowest BCUT2D eigenvalue weighted by atomic mass is 9.92. The highest BCUT2D eigenvalue weighted by Gasteiger charge is 2.49. The number of hydrogen-bond acceptors (Lipinski definition) is 8. The predicted molar refractivity (Wildman–Crippen MR) is 137 cm³/mol. The fourth-order valence-electron chi connectivity index (χ4n) is 5.20. The van der Waals surface area contributed by atoms with E-state index in [-0.39, 0.29) is 12.5 Å². The quantitative estimate of drug-likeness (QED) is 0.323. The Morgan fingerprint density at radius 1 is 1.18 bits per heavy atom. The molecule has 0 saturated carbocycles. The molecule has 5 N–H and O–H groups in total. The molecule has 0 radical (unpaired) electrons. The monoisotopic (exact) mass is 580 g/mol. The van der Waals surface area contributed by atoms with E-state index in [4.69, 9.17) is 21.1 Å². The Bertz CT molecular complexity index is 1010. The largest absolute Gasteiger partial charge is 0.416 e. The second-order valence-corrected chi connectivity index (χ2v) is 11.4. The normalized spacial score (nSPS) is 35.6. The van der Waals surface area contributed by atoms with Gasteiger partial charge in [0.05, 0.1) is 29.7 Å². The molecule has 10 atom stereocenters. The molecule has 2 fully saturated rings. The van der Waals surface area contributed by atoms with Crippen LogP contribution in [0.1, 0.15) is 24.5 Å². The van der Waals surface area contributed by atoms with Gasteiger partial charge in [-0.2, -0.15) is 13.2 Å². The van der Waals surface area contributed by atoms with Crippen molar-refractivity contribution in [3.05, 3.63) is 41.5 Å². The minimum absolute atomic E-state index is 0.202. The van der Waals surface area contributed by atoms with E-state index in [9.17, 15) is 33.3 Å². The number of aliphatic hydroxyl groups excluding tert-OH is 3. The highest BCUT2D eigenvalue weighted by atomic mass is 35.5. The Balaban J connectivity index is 1.47. The number of halogens is 4. The van der Waals surface area contributed by atoms with Crippen LogP contribution in [0.2, 0.25) is 0 Å². The summed E-state index contributed by atoms with van der Waals surface area (Å²) in [6, 6.07) is 3.34. The maximum absolute atomic E-state index is 13.4. The van der Waals surface area contributed by atoms with Gasteiger partial charge in [0, 0.05) is 12.5 Å².